The first-order chi connectivity index (χ1) is 4.84. The highest BCUT2D eigenvalue weighted by molar-refractivity contribution is 5.87. The molecule has 1 aromatic heterocycles. The topological polar surface area (TPSA) is 61.2 Å². The molecule has 0 amide bonds. The van der Waals surface area contributed by atoms with E-state index in [0.29, 0.717) is 0 Å². The second kappa shape index (κ2) is 2.91. The van der Waals surface area contributed by atoms with E-state index in [0.717, 1.165) is 0 Å². The zero-order valence-electron chi connectivity index (χ0n) is 5.48. The van der Waals surface area contributed by atoms with Crippen LogP contribution < -0.4 is 5.11 Å². The summed E-state index contributed by atoms with van der Waals surface area (Å²) in [5.41, 5.74) is 0.282. The first kappa shape index (κ1) is 6.67. The molecule has 0 fully saturated rings. The summed E-state index contributed by atoms with van der Waals surface area (Å²) in [6.45, 7) is 0. The van der Waals surface area contributed by atoms with E-state index in [1.165, 1.54) is 25.6 Å². The molecule has 0 N–H and O–H groups in total. The third-order valence-corrected chi connectivity index (χ3v) is 0.985. The fourth-order valence-corrected chi connectivity index (χ4v) is 0.524. The lowest BCUT2D eigenvalue weighted by molar-refractivity contribution is -0.213. The van der Waals surface area contributed by atoms with Gasteiger partial charge in [-0.1, -0.05) is 0 Å². The van der Waals surface area contributed by atoms with Gasteiger partial charge >= 0.3 is 0 Å². The Morgan fingerprint density at radius 3 is 2.90 bits per heavy atom. The highest BCUT2D eigenvalue weighted by atomic mass is 16.3. The Hall–Kier alpha value is -1.45. The van der Waals surface area contributed by atoms with Crippen molar-refractivity contribution in [2.45, 2.75) is 0 Å². The van der Waals surface area contributed by atoms with E-state index in [-0.39, 0.29) is 11.6 Å². The molecule has 4 nitrogen and oxygen atoms in total. The molecule has 0 atom stereocenters. The molecule has 1 heterocycles. The first-order valence-electron chi connectivity index (χ1n) is 2.75. The molecule has 0 aliphatic rings. The Morgan fingerprint density at radius 1 is 1.60 bits per heavy atom. The molecule has 1 rings (SSSR count). The van der Waals surface area contributed by atoms with Gasteiger partial charge in [-0.25, -0.2) is 0 Å². The average Bonchev–Trinajstić information content (AvgIpc) is 2.05. The largest absolute Gasteiger partial charge is 0.857 e. The Labute approximate surface area is 58.3 Å². The maximum Gasteiger partial charge on any atom is 0.0916 e. The molecular weight excluding hydrogens is 130 g/mol. The van der Waals surface area contributed by atoms with Crippen LogP contribution in [-0.4, -0.2) is 22.9 Å². The zero-order chi connectivity index (χ0) is 7.40. The predicted octanol–water partition coefficient (Wildman–Crippen LogP) is -0.787. The SMILES string of the molecule is CN=C([O-])c1cnccn1. The molecule has 0 saturated heterocycles. The molecule has 1 aromatic rings. The maximum absolute atomic E-state index is 10.7. The van der Waals surface area contributed by atoms with Crippen molar-refractivity contribution in [3.63, 3.8) is 0 Å². The van der Waals surface area contributed by atoms with Gasteiger partial charge in [0.2, 0.25) is 0 Å². The smallest absolute Gasteiger partial charge is 0.0916 e. The summed E-state index contributed by atoms with van der Waals surface area (Å²) in [7, 11) is 1.43. The predicted molar refractivity (Wildman–Crippen MR) is 34.5 cm³/mol. The lowest BCUT2D eigenvalue weighted by Crippen LogP contribution is -2.19. The lowest BCUT2D eigenvalue weighted by Gasteiger charge is -2.05. The van der Waals surface area contributed by atoms with Gasteiger partial charge in [-0.05, 0) is 0 Å². The van der Waals surface area contributed by atoms with Crippen molar-refractivity contribution in [1.82, 2.24) is 9.97 Å². The minimum atomic E-state index is -0.340. The fraction of sp³-hybridized carbons (Fsp3) is 0.167. The lowest BCUT2D eigenvalue weighted by atomic mass is 10.4. The number of rotatable bonds is 1. The second-order valence-electron chi connectivity index (χ2n) is 1.62. The summed E-state index contributed by atoms with van der Waals surface area (Å²) in [6.07, 6.45) is 4.35. The van der Waals surface area contributed by atoms with Gasteiger partial charge in [-0.15, -0.1) is 0 Å². The van der Waals surface area contributed by atoms with Crippen LogP contribution in [-0.2, 0) is 0 Å². The van der Waals surface area contributed by atoms with Crippen molar-refractivity contribution in [2.75, 3.05) is 7.05 Å². The van der Waals surface area contributed by atoms with Crippen LogP contribution >= 0.6 is 0 Å². The van der Waals surface area contributed by atoms with E-state index in [1.54, 1.807) is 0 Å². The first-order valence-corrected chi connectivity index (χ1v) is 2.75. The van der Waals surface area contributed by atoms with Crippen LogP contribution in [0.25, 0.3) is 0 Å². The van der Waals surface area contributed by atoms with Gasteiger partial charge in [-0.3, -0.25) is 9.97 Å². The van der Waals surface area contributed by atoms with Crippen LogP contribution in [0.1, 0.15) is 5.69 Å². The van der Waals surface area contributed by atoms with Gasteiger partial charge in [0.25, 0.3) is 0 Å². The van der Waals surface area contributed by atoms with Gasteiger partial charge in [0.1, 0.15) is 0 Å². The normalized spacial score (nSPS) is 11.5. The third kappa shape index (κ3) is 1.28. The number of aliphatic imine (C=N–C) groups is 1. The van der Waals surface area contributed by atoms with E-state index < -0.39 is 0 Å². The molecule has 10 heavy (non-hydrogen) atoms. The molecule has 52 valence electrons. The van der Waals surface area contributed by atoms with Gasteiger partial charge in [0.15, 0.2) is 0 Å². The minimum Gasteiger partial charge on any atom is -0.857 e. The fourth-order valence-electron chi connectivity index (χ4n) is 0.524. The monoisotopic (exact) mass is 136 g/mol. The van der Waals surface area contributed by atoms with E-state index in [1.807, 2.05) is 0 Å². The van der Waals surface area contributed by atoms with Crippen molar-refractivity contribution in [1.29, 1.82) is 0 Å². The number of hydrogen-bond donors (Lipinski definition) is 0. The molecule has 0 bridgehead atoms. The van der Waals surface area contributed by atoms with Crippen molar-refractivity contribution in [3.8, 4) is 0 Å². The van der Waals surface area contributed by atoms with E-state index in [9.17, 15) is 5.11 Å². The van der Waals surface area contributed by atoms with Crippen molar-refractivity contribution < 1.29 is 5.11 Å². The standard InChI is InChI=1S/C6H7N3O/c1-7-6(10)5-4-8-2-3-9-5/h2-4H,1H3,(H,7,10)/p-1. The van der Waals surface area contributed by atoms with Crippen LogP contribution in [0.4, 0.5) is 0 Å². The minimum absolute atomic E-state index is 0.282. The second-order valence-corrected chi connectivity index (χ2v) is 1.62. The molecule has 0 saturated carbocycles. The summed E-state index contributed by atoms with van der Waals surface area (Å²) >= 11 is 0. The molecule has 0 aliphatic heterocycles. The zero-order valence-corrected chi connectivity index (χ0v) is 5.48. The summed E-state index contributed by atoms with van der Waals surface area (Å²) in [4.78, 5) is 10.9. The molecule has 4 heteroatoms. The van der Waals surface area contributed by atoms with Crippen LogP contribution in [0.2, 0.25) is 0 Å². The van der Waals surface area contributed by atoms with Gasteiger partial charge in [0.05, 0.1) is 11.9 Å². The molecular formula is C6H6N3O-. The van der Waals surface area contributed by atoms with Crippen molar-refractivity contribution >= 4 is 5.90 Å². The third-order valence-electron chi connectivity index (χ3n) is 0.985. The van der Waals surface area contributed by atoms with Crippen molar-refractivity contribution in [3.05, 3.63) is 24.3 Å². The highest BCUT2D eigenvalue weighted by Gasteiger charge is 1.88. The Bertz CT molecular complexity index is 232. The van der Waals surface area contributed by atoms with Crippen molar-refractivity contribution in [2.24, 2.45) is 4.99 Å². The number of hydrogen-bond acceptors (Lipinski definition) is 4. The van der Waals surface area contributed by atoms with Gasteiger partial charge in [-0.2, -0.15) is 0 Å². The molecule has 0 aromatic carbocycles. The Morgan fingerprint density at radius 2 is 2.40 bits per heavy atom. The van der Waals surface area contributed by atoms with Crippen LogP contribution in [0.3, 0.4) is 0 Å². The summed E-state index contributed by atoms with van der Waals surface area (Å²) < 4.78 is 0. The van der Waals surface area contributed by atoms with Gasteiger partial charge < -0.3 is 10.1 Å². The van der Waals surface area contributed by atoms with E-state index in [2.05, 4.69) is 15.0 Å². The molecule has 0 spiro atoms. The summed E-state index contributed by atoms with van der Waals surface area (Å²) in [5, 5.41) is 10.7. The maximum atomic E-state index is 10.7. The Kier molecular flexibility index (Phi) is 1.94. The number of aromatic nitrogens is 2. The Balaban J connectivity index is 2.96. The van der Waals surface area contributed by atoms with E-state index in [4.69, 9.17) is 0 Å². The molecule has 0 radical (unpaired) electrons. The van der Waals surface area contributed by atoms with E-state index >= 15 is 0 Å². The quantitative estimate of drug-likeness (QED) is 0.375. The highest BCUT2D eigenvalue weighted by Crippen LogP contribution is 1.86. The van der Waals surface area contributed by atoms with Crippen LogP contribution in [0, 0.1) is 0 Å². The van der Waals surface area contributed by atoms with Gasteiger partial charge in [0, 0.05) is 25.3 Å². The average molecular weight is 136 g/mol. The summed E-state index contributed by atoms with van der Waals surface area (Å²) in [5.74, 6) is -0.340. The summed E-state index contributed by atoms with van der Waals surface area (Å²) in [6, 6.07) is 0. The molecule has 0 aliphatic carbocycles. The molecule has 0 unspecified atom stereocenters. The van der Waals surface area contributed by atoms with Crippen LogP contribution in [0.5, 0.6) is 0 Å². The van der Waals surface area contributed by atoms with Crippen LogP contribution in [0.15, 0.2) is 23.6 Å². The number of nitrogens with zero attached hydrogens (tertiary/aromatic N) is 3.